The number of carbonyl (C=O) groups excluding carboxylic acids is 1. The number of amides is 1. The predicted molar refractivity (Wildman–Crippen MR) is 115 cm³/mol. The molecule has 32 heavy (non-hydrogen) atoms. The molecule has 1 amide bonds. The minimum atomic E-state index is -0.964. The van der Waals surface area contributed by atoms with Gasteiger partial charge in [-0.25, -0.2) is 4.98 Å². The van der Waals surface area contributed by atoms with Gasteiger partial charge in [0.2, 0.25) is 0 Å². The van der Waals surface area contributed by atoms with Crippen LogP contribution in [0.25, 0.3) is 10.8 Å². The molecule has 0 radical (unpaired) electrons. The standard InChI is InChI=1S/C24H21N3O5/c25-13-20-18-12-15(32-14-6-2-1-3-7-14)10-11-16(18)22(28)21(26-20)23(29)27-19-9-5-4-8-17(19)24(30)31/h1-3,6-7,10-12,17,19,28H,4-5,8-9H2,(H,27,29)(H,30,31)/t17-,19+/m1/s1. The van der Waals surface area contributed by atoms with E-state index in [0.717, 1.165) is 12.8 Å². The average molecular weight is 431 g/mol. The minimum Gasteiger partial charge on any atom is -0.505 e. The number of hydrogen-bond acceptors (Lipinski definition) is 6. The number of benzene rings is 2. The number of aromatic nitrogens is 1. The zero-order valence-electron chi connectivity index (χ0n) is 17.1. The van der Waals surface area contributed by atoms with Gasteiger partial charge in [-0.15, -0.1) is 0 Å². The quantitative estimate of drug-likeness (QED) is 0.556. The van der Waals surface area contributed by atoms with E-state index in [1.165, 1.54) is 0 Å². The van der Waals surface area contributed by atoms with Crippen LogP contribution in [0.2, 0.25) is 0 Å². The molecular weight excluding hydrogens is 410 g/mol. The highest BCUT2D eigenvalue weighted by Crippen LogP contribution is 2.34. The summed E-state index contributed by atoms with van der Waals surface area (Å²) < 4.78 is 5.78. The van der Waals surface area contributed by atoms with E-state index in [9.17, 15) is 25.1 Å². The number of nitriles is 1. The Morgan fingerprint density at radius 1 is 1.06 bits per heavy atom. The van der Waals surface area contributed by atoms with Gasteiger partial charge in [0.15, 0.2) is 11.4 Å². The molecule has 3 aromatic rings. The van der Waals surface area contributed by atoms with E-state index in [1.807, 2.05) is 24.3 Å². The van der Waals surface area contributed by atoms with E-state index < -0.39 is 23.8 Å². The summed E-state index contributed by atoms with van der Waals surface area (Å²) in [6.07, 6.45) is 2.60. The topological polar surface area (TPSA) is 133 Å². The Morgan fingerprint density at radius 2 is 1.81 bits per heavy atom. The van der Waals surface area contributed by atoms with E-state index in [2.05, 4.69) is 10.3 Å². The third-order valence-electron chi connectivity index (χ3n) is 5.65. The van der Waals surface area contributed by atoms with Crippen molar-refractivity contribution >= 4 is 22.6 Å². The number of carboxylic acids is 1. The largest absolute Gasteiger partial charge is 0.505 e. The van der Waals surface area contributed by atoms with Crippen LogP contribution in [0.5, 0.6) is 17.2 Å². The van der Waals surface area contributed by atoms with Gasteiger partial charge in [0.25, 0.3) is 5.91 Å². The van der Waals surface area contributed by atoms with E-state index in [0.29, 0.717) is 29.7 Å². The molecule has 4 rings (SSSR count). The van der Waals surface area contributed by atoms with Gasteiger partial charge in [-0.05, 0) is 43.2 Å². The minimum absolute atomic E-state index is 0.0418. The van der Waals surface area contributed by atoms with Crippen molar-refractivity contribution in [1.29, 1.82) is 5.26 Å². The fraction of sp³-hybridized carbons (Fsp3) is 0.250. The monoisotopic (exact) mass is 431 g/mol. The molecule has 1 aliphatic carbocycles. The number of nitrogens with one attached hydrogen (secondary N) is 1. The third-order valence-corrected chi connectivity index (χ3v) is 5.65. The summed E-state index contributed by atoms with van der Waals surface area (Å²) in [6.45, 7) is 0. The van der Waals surface area contributed by atoms with Crippen molar-refractivity contribution in [3.63, 3.8) is 0 Å². The summed E-state index contributed by atoms with van der Waals surface area (Å²) in [6, 6.07) is 15.3. The Morgan fingerprint density at radius 3 is 2.53 bits per heavy atom. The van der Waals surface area contributed by atoms with Gasteiger partial charge < -0.3 is 20.3 Å². The van der Waals surface area contributed by atoms with Gasteiger partial charge in [-0.3, -0.25) is 9.59 Å². The first-order valence-corrected chi connectivity index (χ1v) is 10.3. The highest BCUT2D eigenvalue weighted by molar-refractivity contribution is 6.03. The molecule has 1 aliphatic rings. The number of pyridine rings is 1. The maximum absolute atomic E-state index is 12.9. The van der Waals surface area contributed by atoms with E-state index in [-0.39, 0.29) is 22.5 Å². The zero-order valence-corrected chi connectivity index (χ0v) is 17.1. The Balaban J connectivity index is 1.66. The number of nitrogens with zero attached hydrogens (tertiary/aromatic N) is 2. The molecule has 0 unspecified atom stereocenters. The molecule has 1 saturated carbocycles. The fourth-order valence-electron chi connectivity index (χ4n) is 4.05. The normalized spacial score (nSPS) is 18.0. The van der Waals surface area contributed by atoms with Crippen LogP contribution in [0.1, 0.15) is 41.9 Å². The summed E-state index contributed by atoms with van der Waals surface area (Å²) in [7, 11) is 0. The number of aromatic hydroxyl groups is 1. The van der Waals surface area contributed by atoms with Crippen molar-refractivity contribution in [2.45, 2.75) is 31.7 Å². The molecule has 0 aliphatic heterocycles. The number of carbonyl (C=O) groups is 2. The van der Waals surface area contributed by atoms with Crippen LogP contribution in [-0.4, -0.2) is 33.1 Å². The van der Waals surface area contributed by atoms with Gasteiger partial charge in [-0.2, -0.15) is 5.26 Å². The fourth-order valence-corrected chi connectivity index (χ4v) is 4.05. The lowest BCUT2D eigenvalue weighted by atomic mass is 9.84. The first-order valence-electron chi connectivity index (χ1n) is 10.3. The molecule has 0 saturated heterocycles. The van der Waals surface area contributed by atoms with Crippen molar-refractivity contribution in [3.05, 3.63) is 59.9 Å². The van der Waals surface area contributed by atoms with Crippen LogP contribution in [0, 0.1) is 17.2 Å². The van der Waals surface area contributed by atoms with Crippen LogP contribution in [0.4, 0.5) is 0 Å². The second-order valence-corrected chi connectivity index (χ2v) is 7.70. The first-order chi connectivity index (χ1) is 15.5. The van der Waals surface area contributed by atoms with Gasteiger partial charge in [-0.1, -0.05) is 31.0 Å². The maximum Gasteiger partial charge on any atom is 0.308 e. The number of para-hydroxylation sites is 1. The number of ether oxygens (including phenoxy) is 1. The van der Waals surface area contributed by atoms with Crippen molar-refractivity contribution in [2.24, 2.45) is 5.92 Å². The zero-order chi connectivity index (χ0) is 22.7. The molecule has 162 valence electrons. The summed E-state index contributed by atoms with van der Waals surface area (Å²) in [5.74, 6) is -1.67. The molecule has 3 N–H and O–H groups in total. The summed E-state index contributed by atoms with van der Waals surface area (Å²) in [5, 5.41) is 33.1. The molecule has 0 bridgehead atoms. The number of carboxylic acid groups (broad SMARTS) is 1. The summed E-state index contributed by atoms with van der Waals surface area (Å²) in [5.41, 5.74) is -0.347. The third kappa shape index (κ3) is 4.18. The molecule has 8 heteroatoms. The highest BCUT2D eigenvalue weighted by Gasteiger charge is 2.33. The van der Waals surface area contributed by atoms with Gasteiger partial charge in [0.1, 0.15) is 23.3 Å². The molecule has 1 fully saturated rings. The molecule has 2 aromatic carbocycles. The first kappa shape index (κ1) is 21.1. The molecular formula is C24H21N3O5. The number of hydrogen-bond donors (Lipinski definition) is 3. The van der Waals surface area contributed by atoms with Crippen molar-refractivity contribution in [1.82, 2.24) is 10.3 Å². The lowest BCUT2D eigenvalue weighted by Crippen LogP contribution is -2.45. The van der Waals surface area contributed by atoms with E-state index in [4.69, 9.17) is 4.74 Å². The lowest BCUT2D eigenvalue weighted by Gasteiger charge is -2.29. The molecule has 8 nitrogen and oxygen atoms in total. The SMILES string of the molecule is N#Cc1nc(C(=O)N[C@H]2CCCC[C@H]2C(=O)O)c(O)c2ccc(Oc3ccccc3)cc12. The molecule has 1 heterocycles. The number of aliphatic carboxylic acids is 1. The van der Waals surface area contributed by atoms with Crippen LogP contribution in [-0.2, 0) is 4.79 Å². The Bertz CT molecular complexity index is 1220. The van der Waals surface area contributed by atoms with Crippen LogP contribution < -0.4 is 10.1 Å². The van der Waals surface area contributed by atoms with Crippen LogP contribution >= 0.6 is 0 Å². The summed E-state index contributed by atoms with van der Waals surface area (Å²) in [4.78, 5) is 28.5. The lowest BCUT2D eigenvalue weighted by molar-refractivity contribution is -0.143. The maximum atomic E-state index is 12.9. The summed E-state index contributed by atoms with van der Waals surface area (Å²) >= 11 is 0. The van der Waals surface area contributed by atoms with E-state index in [1.54, 1.807) is 30.3 Å². The molecule has 0 spiro atoms. The second-order valence-electron chi connectivity index (χ2n) is 7.70. The Kier molecular flexibility index (Phi) is 5.90. The average Bonchev–Trinajstić information content (AvgIpc) is 2.80. The van der Waals surface area contributed by atoms with Crippen LogP contribution in [0.3, 0.4) is 0 Å². The second kappa shape index (κ2) is 8.94. The Labute approximate surface area is 184 Å². The van der Waals surface area contributed by atoms with Crippen molar-refractivity contribution in [3.8, 4) is 23.3 Å². The van der Waals surface area contributed by atoms with Crippen molar-refractivity contribution < 1.29 is 24.5 Å². The van der Waals surface area contributed by atoms with Crippen LogP contribution in [0.15, 0.2) is 48.5 Å². The molecule has 1 aromatic heterocycles. The van der Waals surface area contributed by atoms with Gasteiger partial charge in [0, 0.05) is 16.8 Å². The smallest absolute Gasteiger partial charge is 0.308 e. The highest BCUT2D eigenvalue weighted by atomic mass is 16.5. The Hall–Kier alpha value is -4.12. The van der Waals surface area contributed by atoms with Gasteiger partial charge >= 0.3 is 5.97 Å². The van der Waals surface area contributed by atoms with Gasteiger partial charge in [0.05, 0.1) is 5.92 Å². The van der Waals surface area contributed by atoms with Crippen molar-refractivity contribution in [2.75, 3.05) is 0 Å². The number of fused-ring (bicyclic) bond motifs is 1. The number of rotatable bonds is 5. The predicted octanol–water partition coefficient (Wildman–Crippen LogP) is 3.98. The molecule has 2 atom stereocenters. The van der Waals surface area contributed by atoms with E-state index >= 15 is 0 Å².